The molecule has 0 aromatic heterocycles. The average Bonchev–Trinajstić information content (AvgIpc) is 2.63. The summed E-state index contributed by atoms with van der Waals surface area (Å²) in [6.07, 6.45) is 0. The van der Waals surface area contributed by atoms with Gasteiger partial charge in [-0.2, -0.15) is 5.11 Å². The van der Waals surface area contributed by atoms with Crippen molar-refractivity contribution in [2.24, 2.45) is 10.2 Å². The Bertz CT molecular complexity index is 862. The minimum absolute atomic E-state index is 0.577. The van der Waals surface area contributed by atoms with E-state index in [9.17, 15) is 0 Å². The Morgan fingerprint density at radius 2 is 1.56 bits per heavy atom. The molecule has 0 unspecified atom stereocenters. The SMILES string of the molecule is CN(C)c1ccc(N=Nc2cc(Cl)ccc2Oc2ccccc2)cc1. The van der Waals surface area contributed by atoms with E-state index in [2.05, 4.69) is 10.2 Å². The molecule has 0 fully saturated rings. The number of halogens is 1. The number of azo groups is 1. The van der Waals surface area contributed by atoms with Gasteiger partial charge in [-0.3, -0.25) is 0 Å². The Morgan fingerprint density at radius 3 is 2.24 bits per heavy atom. The summed E-state index contributed by atoms with van der Waals surface area (Å²) in [4.78, 5) is 2.03. The van der Waals surface area contributed by atoms with E-state index in [-0.39, 0.29) is 0 Å². The summed E-state index contributed by atoms with van der Waals surface area (Å²) in [5, 5.41) is 9.18. The molecule has 0 N–H and O–H groups in total. The number of hydrogen-bond acceptors (Lipinski definition) is 4. The lowest BCUT2D eigenvalue weighted by Crippen LogP contribution is -2.07. The zero-order chi connectivity index (χ0) is 17.6. The minimum atomic E-state index is 0.577. The smallest absolute Gasteiger partial charge is 0.155 e. The number of para-hydroxylation sites is 1. The van der Waals surface area contributed by atoms with Crippen LogP contribution in [0.4, 0.5) is 17.1 Å². The fourth-order valence-electron chi connectivity index (χ4n) is 2.20. The highest BCUT2D eigenvalue weighted by molar-refractivity contribution is 6.30. The van der Waals surface area contributed by atoms with E-state index >= 15 is 0 Å². The number of anilines is 1. The molecule has 0 spiro atoms. The Hall–Kier alpha value is -2.85. The first-order valence-corrected chi connectivity index (χ1v) is 8.21. The van der Waals surface area contributed by atoms with Gasteiger partial charge in [-0.15, -0.1) is 5.11 Å². The Balaban J connectivity index is 1.84. The van der Waals surface area contributed by atoms with Gasteiger partial charge in [0, 0.05) is 24.8 Å². The van der Waals surface area contributed by atoms with Gasteiger partial charge < -0.3 is 9.64 Å². The first-order valence-electron chi connectivity index (χ1n) is 7.83. The second-order valence-corrected chi connectivity index (χ2v) is 6.07. The lowest BCUT2D eigenvalue weighted by Gasteiger charge is -2.11. The van der Waals surface area contributed by atoms with Crippen molar-refractivity contribution in [1.82, 2.24) is 0 Å². The van der Waals surface area contributed by atoms with Crippen molar-refractivity contribution in [2.45, 2.75) is 0 Å². The molecule has 0 heterocycles. The second kappa shape index (κ2) is 7.81. The van der Waals surface area contributed by atoms with Crippen LogP contribution in [0, 0.1) is 0 Å². The topological polar surface area (TPSA) is 37.2 Å². The Kier molecular flexibility index (Phi) is 5.31. The third kappa shape index (κ3) is 4.58. The summed E-state index contributed by atoms with van der Waals surface area (Å²) in [5.41, 5.74) is 2.44. The predicted molar refractivity (Wildman–Crippen MR) is 103 cm³/mol. The first kappa shape index (κ1) is 17.0. The molecule has 5 heteroatoms. The van der Waals surface area contributed by atoms with E-state index < -0.39 is 0 Å². The van der Waals surface area contributed by atoms with E-state index in [0.29, 0.717) is 16.5 Å². The molecule has 0 radical (unpaired) electrons. The maximum Gasteiger partial charge on any atom is 0.155 e. The number of ether oxygens (including phenoxy) is 1. The standard InChI is InChI=1S/C20H18ClN3O/c1-24(2)17-11-9-16(10-12-17)22-23-19-14-15(21)8-13-20(19)25-18-6-4-3-5-7-18/h3-14H,1-2H3. The van der Waals surface area contributed by atoms with Crippen molar-refractivity contribution < 1.29 is 4.74 Å². The number of hydrogen-bond donors (Lipinski definition) is 0. The molecule has 0 amide bonds. The van der Waals surface area contributed by atoms with E-state index in [1.807, 2.05) is 73.6 Å². The third-order valence-electron chi connectivity index (χ3n) is 3.53. The maximum absolute atomic E-state index is 6.09. The van der Waals surface area contributed by atoms with E-state index in [0.717, 1.165) is 17.1 Å². The van der Waals surface area contributed by atoms with Crippen LogP contribution in [-0.4, -0.2) is 14.1 Å². The van der Waals surface area contributed by atoms with Gasteiger partial charge in [0.25, 0.3) is 0 Å². The van der Waals surface area contributed by atoms with Crippen LogP contribution in [0.25, 0.3) is 0 Å². The van der Waals surface area contributed by atoms with Crippen LogP contribution in [0.2, 0.25) is 5.02 Å². The molecular weight excluding hydrogens is 334 g/mol. The summed E-state index contributed by atoms with van der Waals surface area (Å²) in [6.45, 7) is 0. The lowest BCUT2D eigenvalue weighted by molar-refractivity contribution is 0.483. The summed E-state index contributed by atoms with van der Waals surface area (Å²) < 4.78 is 5.88. The van der Waals surface area contributed by atoms with Crippen molar-refractivity contribution in [3.05, 3.63) is 77.8 Å². The summed E-state index contributed by atoms with van der Waals surface area (Å²) in [7, 11) is 3.99. The molecule has 0 aliphatic rings. The quantitative estimate of drug-likeness (QED) is 0.485. The fourth-order valence-corrected chi connectivity index (χ4v) is 2.37. The molecule has 0 bridgehead atoms. The van der Waals surface area contributed by atoms with Gasteiger partial charge in [0.05, 0.1) is 5.69 Å². The molecule has 0 atom stereocenters. The highest BCUT2D eigenvalue weighted by atomic mass is 35.5. The molecule has 25 heavy (non-hydrogen) atoms. The molecule has 3 aromatic rings. The van der Waals surface area contributed by atoms with Gasteiger partial charge in [0.15, 0.2) is 5.75 Å². The van der Waals surface area contributed by atoms with Crippen molar-refractivity contribution in [3.8, 4) is 11.5 Å². The van der Waals surface area contributed by atoms with Crippen molar-refractivity contribution in [1.29, 1.82) is 0 Å². The zero-order valence-corrected chi connectivity index (χ0v) is 14.8. The molecule has 0 saturated carbocycles. The summed E-state index contributed by atoms with van der Waals surface area (Å²) in [6, 6.07) is 22.7. The molecule has 0 aliphatic heterocycles. The Morgan fingerprint density at radius 1 is 0.840 bits per heavy atom. The largest absolute Gasteiger partial charge is 0.455 e. The molecule has 0 saturated heterocycles. The highest BCUT2D eigenvalue weighted by Crippen LogP contribution is 2.35. The molecule has 3 rings (SSSR count). The Labute approximate surface area is 152 Å². The highest BCUT2D eigenvalue weighted by Gasteiger charge is 2.06. The van der Waals surface area contributed by atoms with Gasteiger partial charge in [-0.25, -0.2) is 0 Å². The van der Waals surface area contributed by atoms with Gasteiger partial charge in [-0.1, -0.05) is 29.8 Å². The second-order valence-electron chi connectivity index (χ2n) is 5.64. The average molecular weight is 352 g/mol. The van der Waals surface area contributed by atoms with E-state index in [1.165, 1.54) is 0 Å². The van der Waals surface area contributed by atoms with Crippen LogP contribution in [0.5, 0.6) is 11.5 Å². The number of nitrogens with zero attached hydrogens (tertiary/aromatic N) is 3. The molecule has 126 valence electrons. The van der Waals surface area contributed by atoms with Crippen LogP contribution in [0.3, 0.4) is 0 Å². The van der Waals surface area contributed by atoms with Crippen molar-refractivity contribution in [3.63, 3.8) is 0 Å². The summed E-state index contributed by atoms with van der Waals surface area (Å²) >= 11 is 6.09. The van der Waals surface area contributed by atoms with Crippen LogP contribution < -0.4 is 9.64 Å². The van der Waals surface area contributed by atoms with Crippen LogP contribution >= 0.6 is 11.6 Å². The third-order valence-corrected chi connectivity index (χ3v) is 3.77. The monoisotopic (exact) mass is 351 g/mol. The van der Waals surface area contributed by atoms with Gasteiger partial charge in [0.1, 0.15) is 11.4 Å². The zero-order valence-electron chi connectivity index (χ0n) is 14.1. The fraction of sp³-hybridized carbons (Fsp3) is 0.100. The summed E-state index contributed by atoms with van der Waals surface area (Å²) in [5.74, 6) is 1.33. The van der Waals surface area contributed by atoms with Crippen molar-refractivity contribution in [2.75, 3.05) is 19.0 Å². The van der Waals surface area contributed by atoms with E-state index in [1.54, 1.807) is 18.2 Å². The number of rotatable bonds is 5. The predicted octanol–water partition coefficient (Wildman–Crippen LogP) is 6.61. The molecule has 0 aliphatic carbocycles. The van der Waals surface area contributed by atoms with Gasteiger partial charge in [0.2, 0.25) is 0 Å². The van der Waals surface area contributed by atoms with Crippen LogP contribution in [0.1, 0.15) is 0 Å². The van der Waals surface area contributed by atoms with Crippen LogP contribution in [0.15, 0.2) is 83.0 Å². The molecular formula is C20H18ClN3O. The maximum atomic E-state index is 6.09. The normalized spacial score (nSPS) is 10.8. The van der Waals surface area contributed by atoms with Crippen LogP contribution in [-0.2, 0) is 0 Å². The first-order chi connectivity index (χ1) is 12.1. The minimum Gasteiger partial charge on any atom is -0.455 e. The molecule has 3 aromatic carbocycles. The van der Waals surface area contributed by atoms with Crippen molar-refractivity contribution >= 4 is 28.7 Å². The molecule has 4 nitrogen and oxygen atoms in total. The lowest BCUT2D eigenvalue weighted by atomic mass is 10.3. The van der Waals surface area contributed by atoms with E-state index in [4.69, 9.17) is 16.3 Å². The van der Waals surface area contributed by atoms with Gasteiger partial charge >= 0.3 is 0 Å². The number of benzene rings is 3. The van der Waals surface area contributed by atoms with Gasteiger partial charge in [-0.05, 0) is 54.6 Å².